The van der Waals surface area contributed by atoms with E-state index in [-0.39, 0.29) is 36.8 Å². The molecule has 2 heterocycles. The summed E-state index contributed by atoms with van der Waals surface area (Å²) in [6, 6.07) is 8.01. The maximum absolute atomic E-state index is 11.7. The largest absolute Gasteiger partial charge is 0.460 e. The smallest absolute Gasteiger partial charge is 0.353 e. The molecular weight excluding hydrogens is 424 g/mol. The lowest BCUT2D eigenvalue weighted by molar-refractivity contribution is -0.383. The van der Waals surface area contributed by atoms with Gasteiger partial charge in [-0.15, -0.1) is 0 Å². The first-order valence-electron chi connectivity index (χ1n) is 11.4. The van der Waals surface area contributed by atoms with E-state index >= 15 is 0 Å². The third kappa shape index (κ3) is 6.61. The molecule has 2 N–H and O–H groups in total. The molecule has 1 aromatic carbocycles. The average molecular weight is 457 g/mol. The molecule has 10 heteroatoms. The van der Waals surface area contributed by atoms with Gasteiger partial charge in [-0.25, -0.2) is 0 Å². The van der Waals surface area contributed by atoms with E-state index in [0.717, 1.165) is 38.0 Å². The van der Waals surface area contributed by atoms with Crippen LogP contribution in [0.2, 0.25) is 0 Å². The van der Waals surface area contributed by atoms with Gasteiger partial charge in [0.2, 0.25) is 11.6 Å². The van der Waals surface area contributed by atoms with Crippen molar-refractivity contribution in [1.29, 1.82) is 0 Å². The van der Waals surface area contributed by atoms with E-state index in [0.29, 0.717) is 6.29 Å². The predicted octanol–water partition coefficient (Wildman–Crippen LogP) is 3.34. The number of nitro groups is 1. The molecule has 0 aliphatic carbocycles. The van der Waals surface area contributed by atoms with Gasteiger partial charge in [-0.1, -0.05) is 37.6 Å². The van der Waals surface area contributed by atoms with Gasteiger partial charge in [0.15, 0.2) is 0 Å². The molecule has 33 heavy (non-hydrogen) atoms. The number of hydrogen-bond donors (Lipinski definition) is 1. The number of nitrogen functional groups attached to an aromatic ring is 1. The van der Waals surface area contributed by atoms with Crippen molar-refractivity contribution < 1.29 is 14.5 Å². The number of nitrogens with two attached hydrogens (primary N) is 1. The van der Waals surface area contributed by atoms with E-state index < -0.39 is 10.6 Å². The van der Waals surface area contributed by atoms with Crippen LogP contribution in [0.25, 0.3) is 0 Å². The SMILES string of the molecule is CCC[C@H](C)Oc1nc(N)c([N+](=O)[O-])c(N(CC=O)Cc2ccc(CN3CCCC3)cc2)n1. The zero-order chi connectivity index (χ0) is 23.8. The second-order valence-electron chi connectivity index (χ2n) is 8.38. The quantitative estimate of drug-likeness (QED) is 0.290. The molecule has 1 atom stereocenters. The van der Waals surface area contributed by atoms with Gasteiger partial charge in [0.1, 0.15) is 6.29 Å². The summed E-state index contributed by atoms with van der Waals surface area (Å²) in [6.45, 7) is 7.21. The van der Waals surface area contributed by atoms with Crippen LogP contribution in [0.5, 0.6) is 6.01 Å². The zero-order valence-corrected chi connectivity index (χ0v) is 19.3. The lowest BCUT2D eigenvalue weighted by Crippen LogP contribution is -2.28. The van der Waals surface area contributed by atoms with Gasteiger partial charge in [-0.05, 0) is 50.4 Å². The van der Waals surface area contributed by atoms with Crippen molar-refractivity contribution in [2.24, 2.45) is 0 Å². The third-order valence-electron chi connectivity index (χ3n) is 5.65. The number of aromatic nitrogens is 2. The first-order chi connectivity index (χ1) is 15.9. The molecule has 1 aliphatic rings. The highest BCUT2D eigenvalue weighted by atomic mass is 16.6. The molecule has 2 aromatic rings. The summed E-state index contributed by atoms with van der Waals surface area (Å²) in [5, 5.41) is 11.7. The van der Waals surface area contributed by atoms with E-state index in [4.69, 9.17) is 10.5 Å². The Hall–Kier alpha value is -3.27. The zero-order valence-electron chi connectivity index (χ0n) is 19.3. The van der Waals surface area contributed by atoms with Crippen molar-refractivity contribution >= 4 is 23.6 Å². The van der Waals surface area contributed by atoms with Gasteiger partial charge in [-0.2, -0.15) is 9.97 Å². The molecule has 0 spiro atoms. The van der Waals surface area contributed by atoms with Crippen LogP contribution in [0.15, 0.2) is 24.3 Å². The Morgan fingerprint density at radius 1 is 1.24 bits per heavy atom. The van der Waals surface area contributed by atoms with Crippen molar-refractivity contribution in [2.45, 2.75) is 58.7 Å². The van der Waals surface area contributed by atoms with Crippen LogP contribution in [-0.4, -0.2) is 51.8 Å². The first-order valence-corrected chi connectivity index (χ1v) is 11.4. The lowest BCUT2D eigenvalue weighted by Gasteiger charge is -2.22. The second kappa shape index (κ2) is 11.6. The summed E-state index contributed by atoms with van der Waals surface area (Å²) >= 11 is 0. The van der Waals surface area contributed by atoms with Crippen molar-refractivity contribution in [3.8, 4) is 6.01 Å². The van der Waals surface area contributed by atoms with Crippen molar-refractivity contribution in [1.82, 2.24) is 14.9 Å². The summed E-state index contributed by atoms with van der Waals surface area (Å²) in [5.74, 6) is -0.319. The third-order valence-corrected chi connectivity index (χ3v) is 5.65. The molecule has 1 aromatic heterocycles. The molecule has 10 nitrogen and oxygen atoms in total. The lowest BCUT2D eigenvalue weighted by atomic mass is 10.1. The van der Waals surface area contributed by atoms with Crippen molar-refractivity contribution in [3.63, 3.8) is 0 Å². The highest BCUT2D eigenvalue weighted by molar-refractivity contribution is 5.72. The Balaban J connectivity index is 1.85. The van der Waals surface area contributed by atoms with Gasteiger partial charge >= 0.3 is 11.7 Å². The van der Waals surface area contributed by atoms with Crippen LogP contribution in [0.4, 0.5) is 17.3 Å². The number of rotatable bonds is 12. The molecule has 0 radical (unpaired) electrons. The van der Waals surface area contributed by atoms with Crippen LogP contribution in [0, 0.1) is 10.1 Å². The monoisotopic (exact) mass is 456 g/mol. The van der Waals surface area contributed by atoms with Crippen molar-refractivity contribution in [3.05, 3.63) is 45.5 Å². The van der Waals surface area contributed by atoms with Crippen LogP contribution in [-0.2, 0) is 17.9 Å². The van der Waals surface area contributed by atoms with Gasteiger partial charge < -0.3 is 20.2 Å². The Morgan fingerprint density at radius 2 is 1.91 bits per heavy atom. The van der Waals surface area contributed by atoms with Crippen LogP contribution < -0.4 is 15.4 Å². The standard InChI is InChI=1S/C23H32N6O4/c1-3-6-17(2)33-23-25-21(24)20(29(31)32)22(26-23)28(13-14-30)16-19-9-7-18(8-10-19)15-27-11-4-5-12-27/h7-10,14,17H,3-6,11-13,15-16H2,1-2H3,(H2,24,25,26)/t17-/m0/s1. The number of nitrogens with zero attached hydrogens (tertiary/aromatic N) is 5. The summed E-state index contributed by atoms with van der Waals surface area (Å²) in [5.41, 5.74) is 7.58. The van der Waals surface area contributed by atoms with Crippen LogP contribution in [0.3, 0.4) is 0 Å². The van der Waals surface area contributed by atoms with Gasteiger partial charge in [-0.3, -0.25) is 15.0 Å². The molecule has 1 fully saturated rings. The van der Waals surface area contributed by atoms with Gasteiger partial charge in [0, 0.05) is 13.1 Å². The number of anilines is 2. The summed E-state index contributed by atoms with van der Waals surface area (Å²) in [4.78, 5) is 34.7. The first kappa shape index (κ1) is 24.4. The molecule has 0 bridgehead atoms. The number of carbonyl (C=O) groups is 1. The summed E-state index contributed by atoms with van der Waals surface area (Å²) in [6.07, 6.45) is 4.67. The topological polar surface area (TPSA) is 128 Å². The second-order valence-corrected chi connectivity index (χ2v) is 8.38. The van der Waals surface area contributed by atoms with E-state index in [1.807, 2.05) is 26.0 Å². The minimum absolute atomic E-state index is 0.0283. The fourth-order valence-corrected chi connectivity index (χ4v) is 4.02. The Morgan fingerprint density at radius 3 is 2.52 bits per heavy atom. The summed E-state index contributed by atoms with van der Waals surface area (Å²) in [7, 11) is 0. The Bertz CT molecular complexity index is 947. The van der Waals surface area contributed by atoms with Gasteiger partial charge in [0.25, 0.3) is 0 Å². The highest BCUT2D eigenvalue weighted by Gasteiger charge is 2.28. The summed E-state index contributed by atoms with van der Waals surface area (Å²) < 4.78 is 5.72. The fraction of sp³-hybridized carbons (Fsp3) is 0.522. The van der Waals surface area contributed by atoms with E-state index in [9.17, 15) is 14.9 Å². The maximum atomic E-state index is 11.7. The Kier molecular flexibility index (Phi) is 8.53. The van der Waals surface area contributed by atoms with Gasteiger partial charge in [0.05, 0.1) is 17.6 Å². The molecule has 178 valence electrons. The molecule has 3 rings (SSSR count). The average Bonchev–Trinajstić information content (AvgIpc) is 3.27. The number of likely N-dealkylation sites (tertiary alicyclic amines) is 1. The number of carbonyl (C=O) groups excluding carboxylic acids is 1. The molecule has 1 saturated heterocycles. The fourth-order valence-electron chi connectivity index (χ4n) is 4.02. The maximum Gasteiger partial charge on any atom is 0.353 e. The number of hydrogen-bond acceptors (Lipinski definition) is 9. The molecule has 1 aliphatic heterocycles. The minimum atomic E-state index is -0.624. The van der Waals surface area contributed by atoms with Crippen LogP contribution in [0.1, 0.15) is 50.7 Å². The van der Waals surface area contributed by atoms with E-state index in [2.05, 4.69) is 27.0 Å². The van der Waals surface area contributed by atoms with E-state index in [1.54, 1.807) is 0 Å². The number of aldehydes is 1. The minimum Gasteiger partial charge on any atom is -0.460 e. The normalized spacial score (nSPS) is 14.7. The predicted molar refractivity (Wildman–Crippen MR) is 126 cm³/mol. The van der Waals surface area contributed by atoms with Crippen molar-refractivity contribution in [2.75, 3.05) is 30.3 Å². The number of ether oxygens (including phenoxy) is 1. The molecular formula is C23H32N6O4. The molecule has 0 unspecified atom stereocenters. The highest BCUT2D eigenvalue weighted by Crippen LogP contribution is 2.33. The number of benzene rings is 1. The molecule has 0 amide bonds. The van der Waals surface area contributed by atoms with E-state index in [1.165, 1.54) is 23.3 Å². The molecule has 0 saturated carbocycles. The Labute approximate surface area is 193 Å². The van der Waals surface area contributed by atoms with Crippen LogP contribution >= 0.6 is 0 Å².